The third-order valence-electron chi connectivity index (χ3n) is 3.10. The average Bonchev–Trinajstić information content (AvgIpc) is 2.49. The first-order chi connectivity index (χ1) is 9.79. The van der Waals surface area contributed by atoms with Gasteiger partial charge in [0.15, 0.2) is 0 Å². The molecule has 1 unspecified atom stereocenters. The van der Waals surface area contributed by atoms with Crippen LogP contribution in [0.2, 0.25) is 0 Å². The maximum absolute atomic E-state index is 11.8. The van der Waals surface area contributed by atoms with Crippen LogP contribution in [-0.4, -0.2) is 19.6 Å². The molecule has 104 valence electrons. The van der Waals surface area contributed by atoms with E-state index in [-0.39, 0.29) is 18.6 Å². The fourth-order valence-electron chi connectivity index (χ4n) is 2.15. The molecule has 0 aromatic heterocycles. The largest absolute Gasteiger partial charge is 0.375 e. The Morgan fingerprint density at radius 3 is 2.25 bits per heavy atom. The van der Waals surface area contributed by atoms with E-state index in [2.05, 4.69) is 17.4 Å². The van der Waals surface area contributed by atoms with Gasteiger partial charge in [-0.2, -0.15) is 0 Å². The van der Waals surface area contributed by atoms with Crippen molar-refractivity contribution < 1.29 is 9.53 Å². The molecule has 20 heavy (non-hydrogen) atoms. The molecule has 0 radical (unpaired) electrons. The lowest BCUT2D eigenvalue weighted by Gasteiger charge is -2.19. The summed E-state index contributed by atoms with van der Waals surface area (Å²) in [5.74, 6) is -0.0997. The second-order valence-electron chi connectivity index (χ2n) is 4.65. The van der Waals surface area contributed by atoms with Gasteiger partial charge in [-0.3, -0.25) is 4.79 Å². The Morgan fingerprint density at radius 1 is 1.05 bits per heavy atom. The molecular weight excluding hydrogens is 250 g/mol. The Balaban J connectivity index is 2.14. The number of methoxy groups -OCH3 is 1. The van der Waals surface area contributed by atoms with E-state index in [1.165, 1.54) is 12.7 Å². The van der Waals surface area contributed by atoms with Crippen LogP contribution in [0.1, 0.15) is 17.2 Å². The molecule has 3 heteroatoms. The Hall–Kier alpha value is -2.13. The van der Waals surface area contributed by atoms with Crippen molar-refractivity contribution in [3.05, 3.63) is 71.8 Å². The molecule has 0 heterocycles. The maximum Gasteiger partial charge on any atom is 0.246 e. The Bertz CT molecular complexity index is 525. The van der Waals surface area contributed by atoms with Crippen LogP contribution < -0.4 is 5.32 Å². The number of ether oxygens (including phenoxy) is 1. The molecule has 2 aromatic carbocycles. The van der Waals surface area contributed by atoms with E-state index in [1.54, 1.807) is 0 Å². The van der Waals surface area contributed by atoms with Crippen molar-refractivity contribution >= 4 is 5.91 Å². The standard InChI is InChI=1S/C17H19NO2/c1-20-13-17(19)18-16(15-10-6-3-7-11-15)12-14-8-4-2-5-9-14/h2-11,16H,12-13H2,1H3,(H,18,19). The number of carbonyl (C=O) groups is 1. The Kier molecular flexibility index (Phi) is 5.33. The first-order valence-corrected chi connectivity index (χ1v) is 6.67. The summed E-state index contributed by atoms with van der Waals surface area (Å²) in [7, 11) is 1.52. The summed E-state index contributed by atoms with van der Waals surface area (Å²) in [6.07, 6.45) is 0.764. The van der Waals surface area contributed by atoms with Crippen LogP contribution in [0.15, 0.2) is 60.7 Å². The van der Waals surface area contributed by atoms with Gasteiger partial charge >= 0.3 is 0 Å². The molecule has 3 nitrogen and oxygen atoms in total. The maximum atomic E-state index is 11.8. The van der Waals surface area contributed by atoms with Crippen molar-refractivity contribution in [2.75, 3.05) is 13.7 Å². The molecule has 0 bridgehead atoms. The number of rotatable bonds is 6. The quantitative estimate of drug-likeness (QED) is 0.875. The SMILES string of the molecule is COCC(=O)NC(Cc1ccccc1)c1ccccc1. The molecule has 1 amide bonds. The Labute approximate surface area is 119 Å². The van der Waals surface area contributed by atoms with E-state index in [9.17, 15) is 4.79 Å². The average molecular weight is 269 g/mol. The number of amides is 1. The molecule has 1 N–H and O–H groups in total. The predicted octanol–water partition coefficient (Wildman–Crippen LogP) is 2.73. The molecule has 0 saturated carbocycles. The van der Waals surface area contributed by atoms with Crippen LogP contribution in [0, 0.1) is 0 Å². The van der Waals surface area contributed by atoms with Crippen molar-refractivity contribution in [3.8, 4) is 0 Å². The van der Waals surface area contributed by atoms with E-state index in [4.69, 9.17) is 4.74 Å². The van der Waals surface area contributed by atoms with Crippen molar-refractivity contribution in [2.45, 2.75) is 12.5 Å². The van der Waals surface area contributed by atoms with E-state index in [0.29, 0.717) is 0 Å². The zero-order valence-electron chi connectivity index (χ0n) is 11.6. The van der Waals surface area contributed by atoms with Crippen LogP contribution in [0.4, 0.5) is 0 Å². The van der Waals surface area contributed by atoms with Crippen LogP contribution in [0.5, 0.6) is 0 Å². The lowest BCUT2D eigenvalue weighted by atomic mass is 9.99. The fourth-order valence-corrected chi connectivity index (χ4v) is 2.15. The minimum absolute atomic E-state index is 0.0405. The van der Waals surface area contributed by atoms with Crippen molar-refractivity contribution in [2.24, 2.45) is 0 Å². The molecule has 0 spiro atoms. The zero-order chi connectivity index (χ0) is 14.2. The minimum Gasteiger partial charge on any atom is -0.375 e. The number of nitrogens with one attached hydrogen (secondary N) is 1. The monoisotopic (exact) mass is 269 g/mol. The third-order valence-corrected chi connectivity index (χ3v) is 3.10. The first-order valence-electron chi connectivity index (χ1n) is 6.67. The van der Waals surface area contributed by atoms with Gasteiger partial charge in [0.25, 0.3) is 0 Å². The lowest BCUT2D eigenvalue weighted by molar-refractivity contribution is -0.125. The summed E-state index contributed by atoms with van der Waals surface area (Å²) >= 11 is 0. The molecule has 0 aliphatic heterocycles. The topological polar surface area (TPSA) is 38.3 Å². The molecule has 0 aliphatic carbocycles. The highest BCUT2D eigenvalue weighted by Gasteiger charge is 2.14. The summed E-state index contributed by atoms with van der Waals surface area (Å²) < 4.78 is 4.88. The smallest absolute Gasteiger partial charge is 0.246 e. The van der Waals surface area contributed by atoms with Crippen molar-refractivity contribution in [1.29, 1.82) is 0 Å². The first kappa shape index (κ1) is 14.3. The molecule has 0 fully saturated rings. The summed E-state index contributed by atoms with van der Waals surface area (Å²) in [6.45, 7) is 0.0815. The van der Waals surface area contributed by atoms with Crippen LogP contribution in [0.25, 0.3) is 0 Å². The van der Waals surface area contributed by atoms with Crippen LogP contribution in [-0.2, 0) is 16.0 Å². The third kappa shape index (κ3) is 4.21. The van der Waals surface area contributed by atoms with Gasteiger partial charge in [-0.1, -0.05) is 60.7 Å². The molecule has 1 atom stereocenters. The summed E-state index contributed by atoms with van der Waals surface area (Å²) in [5.41, 5.74) is 2.29. The molecule has 2 rings (SSSR count). The van der Waals surface area contributed by atoms with E-state index in [0.717, 1.165) is 12.0 Å². The van der Waals surface area contributed by atoms with Gasteiger partial charge in [0.1, 0.15) is 6.61 Å². The molecule has 2 aromatic rings. The Morgan fingerprint density at radius 2 is 1.65 bits per heavy atom. The van der Waals surface area contributed by atoms with E-state index < -0.39 is 0 Å². The number of hydrogen-bond acceptors (Lipinski definition) is 2. The van der Waals surface area contributed by atoms with Crippen molar-refractivity contribution in [3.63, 3.8) is 0 Å². The minimum atomic E-state index is -0.0997. The zero-order valence-corrected chi connectivity index (χ0v) is 11.6. The fraction of sp³-hybridized carbons (Fsp3) is 0.235. The van der Waals surface area contributed by atoms with E-state index in [1.807, 2.05) is 48.5 Å². The van der Waals surface area contributed by atoms with Crippen LogP contribution in [0.3, 0.4) is 0 Å². The molecule has 0 aliphatic rings. The van der Waals surface area contributed by atoms with E-state index >= 15 is 0 Å². The molecular formula is C17H19NO2. The van der Waals surface area contributed by atoms with Gasteiger partial charge in [0.2, 0.25) is 5.91 Å². The normalized spacial score (nSPS) is 11.8. The number of carbonyl (C=O) groups excluding carboxylic acids is 1. The van der Waals surface area contributed by atoms with Gasteiger partial charge in [-0.15, -0.1) is 0 Å². The van der Waals surface area contributed by atoms with Crippen molar-refractivity contribution in [1.82, 2.24) is 5.32 Å². The van der Waals surface area contributed by atoms with Gasteiger partial charge in [-0.05, 0) is 17.5 Å². The van der Waals surface area contributed by atoms with Gasteiger partial charge < -0.3 is 10.1 Å². The second-order valence-corrected chi connectivity index (χ2v) is 4.65. The highest BCUT2D eigenvalue weighted by Crippen LogP contribution is 2.18. The number of benzene rings is 2. The van der Waals surface area contributed by atoms with Gasteiger partial charge in [0, 0.05) is 7.11 Å². The highest BCUT2D eigenvalue weighted by atomic mass is 16.5. The lowest BCUT2D eigenvalue weighted by Crippen LogP contribution is -2.32. The summed E-state index contributed by atoms with van der Waals surface area (Å²) in [6, 6.07) is 20.1. The highest BCUT2D eigenvalue weighted by molar-refractivity contribution is 5.77. The summed E-state index contributed by atoms with van der Waals surface area (Å²) in [5, 5.41) is 3.02. The number of hydrogen-bond donors (Lipinski definition) is 1. The predicted molar refractivity (Wildman–Crippen MR) is 79.3 cm³/mol. The molecule has 0 saturated heterocycles. The van der Waals surface area contributed by atoms with Crippen LogP contribution >= 0.6 is 0 Å². The second kappa shape index (κ2) is 7.46. The summed E-state index contributed by atoms with van der Waals surface area (Å²) in [4.78, 5) is 11.8. The van der Waals surface area contributed by atoms with Gasteiger partial charge in [0.05, 0.1) is 6.04 Å². The van der Waals surface area contributed by atoms with Gasteiger partial charge in [-0.25, -0.2) is 0 Å².